The van der Waals surface area contributed by atoms with Gasteiger partial charge in [-0.2, -0.15) is 0 Å². The van der Waals surface area contributed by atoms with Crippen LogP contribution in [-0.2, 0) is 6.54 Å². The normalized spacial score (nSPS) is 14.7. The van der Waals surface area contributed by atoms with Crippen molar-refractivity contribution in [2.45, 2.75) is 19.4 Å². The van der Waals surface area contributed by atoms with Crippen molar-refractivity contribution < 1.29 is 4.74 Å². The molecule has 3 aromatic carbocycles. The van der Waals surface area contributed by atoms with Gasteiger partial charge in [-0.25, -0.2) is 0 Å². The first-order valence-electron chi connectivity index (χ1n) is 12.0. The highest BCUT2D eigenvalue weighted by atomic mass is 32.1. The molecular weight excluding hydrogens is 456 g/mol. The zero-order chi connectivity index (χ0) is 22.7. The summed E-state index contributed by atoms with van der Waals surface area (Å²) in [4.78, 5) is 1.30. The van der Waals surface area contributed by atoms with Gasteiger partial charge in [0.1, 0.15) is 5.75 Å². The van der Waals surface area contributed by atoms with Crippen LogP contribution in [0.25, 0.3) is 30.6 Å². The number of benzene rings is 3. The molecule has 3 heterocycles. The lowest BCUT2D eigenvalue weighted by Gasteiger charge is -2.23. The molecule has 0 bridgehead atoms. The molecule has 0 radical (unpaired) electrons. The monoisotopic (exact) mass is 484 g/mol. The summed E-state index contributed by atoms with van der Waals surface area (Å²) in [6, 6.07) is 28.2. The van der Waals surface area contributed by atoms with Crippen LogP contribution in [0.3, 0.4) is 0 Å². The van der Waals surface area contributed by atoms with Gasteiger partial charge in [-0.3, -0.25) is 0 Å². The molecule has 2 N–H and O–H groups in total. The fourth-order valence-corrected chi connectivity index (χ4v) is 6.69. The minimum Gasteiger partial charge on any atom is -0.446 e. The molecule has 0 saturated carbocycles. The third-order valence-electron chi connectivity index (χ3n) is 6.59. The van der Waals surface area contributed by atoms with Crippen molar-refractivity contribution in [2.24, 2.45) is 5.92 Å². The number of ether oxygens (including phenoxy) is 1. The van der Waals surface area contributed by atoms with Crippen LogP contribution in [0.2, 0.25) is 0 Å². The van der Waals surface area contributed by atoms with E-state index in [2.05, 4.69) is 89.5 Å². The van der Waals surface area contributed by atoms with Crippen LogP contribution in [0.5, 0.6) is 10.8 Å². The molecule has 0 unspecified atom stereocenters. The summed E-state index contributed by atoms with van der Waals surface area (Å²) in [5, 5.41) is 10.7. The van der Waals surface area contributed by atoms with E-state index in [-0.39, 0.29) is 0 Å². The van der Waals surface area contributed by atoms with Crippen LogP contribution < -0.4 is 15.4 Å². The SMILES string of the molecule is c1ccc2sc(Oc3ccc(-c4cc5ccccc5s4)cc3CNCC3CCNCC3)cc2c1. The lowest BCUT2D eigenvalue weighted by molar-refractivity contribution is 0.355. The van der Waals surface area contributed by atoms with Gasteiger partial charge in [0.15, 0.2) is 5.06 Å². The molecule has 0 atom stereocenters. The smallest absolute Gasteiger partial charge is 0.182 e. The van der Waals surface area contributed by atoms with E-state index in [1.165, 1.54) is 49.0 Å². The first kappa shape index (κ1) is 21.8. The van der Waals surface area contributed by atoms with Gasteiger partial charge in [0.05, 0.1) is 0 Å². The maximum atomic E-state index is 6.46. The number of hydrogen-bond donors (Lipinski definition) is 2. The Labute approximate surface area is 208 Å². The lowest BCUT2D eigenvalue weighted by Crippen LogP contribution is -2.33. The second-order valence-electron chi connectivity index (χ2n) is 9.00. The fraction of sp³-hybridized carbons (Fsp3) is 0.241. The summed E-state index contributed by atoms with van der Waals surface area (Å²) in [7, 11) is 0. The third kappa shape index (κ3) is 4.75. The third-order valence-corrected chi connectivity index (χ3v) is 8.75. The Morgan fingerprint density at radius 3 is 2.32 bits per heavy atom. The number of hydrogen-bond acceptors (Lipinski definition) is 5. The van der Waals surface area contributed by atoms with Crippen molar-refractivity contribution >= 4 is 42.8 Å². The molecular formula is C29H28N2OS2. The van der Waals surface area contributed by atoms with Gasteiger partial charge in [0.25, 0.3) is 0 Å². The van der Waals surface area contributed by atoms with Gasteiger partial charge in [0, 0.05) is 32.5 Å². The van der Waals surface area contributed by atoms with E-state index in [0.717, 1.165) is 42.9 Å². The minimum absolute atomic E-state index is 0.749. The predicted molar refractivity (Wildman–Crippen MR) is 146 cm³/mol. The van der Waals surface area contributed by atoms with Crippen molar-refractivity contribution in [3.8, 4) is 21.3 Å². The summed E-state index contributed by atoms with van der Waals surface area (Å²) in [6.07, 6.45) is 2.50. The van der Waals surface area contributed by atoms with E-state index >= 15 is 0 Å². The Hall–Kier alpha value is -2.70. The molecule has 172 valence electrons. The maximum Gasteiger partial charge on any atom is 0.182 e. The molecule has 0 aliphatic carbocycles. The Kier molecular flexibility index (Phi) is 6.34. The molecule has 0 amide bonds. The van der Waals surface area contributed by atoms with Crippen molar-refractivity contribution in [2.75, 3.05) is 19.6 Å². The second-order valence-corrected chi connectivity index (χ2v) is 11.1. The Morgan fingerprint density at radius 1 is 0.824 bits per heavy atom. The molecule has 1 saturated heterocycles. The number of rotatable bonds is 7. The number of thiophene rings is 2. The molecule has 5 heteroatoms. The summed E-state index contributed by atoms with van der Waals surface area (Å²) < 4.78 is 9.04. The zero-order valence-electron chi connectivity index (χ0n) is 19.1. The highest BCUT2D eigenvalue weighted by Gasteiger charge is 2.15. The highest BCUT2D eigenvalue weighted by Crippen LogP contribution is 2.39. The topological polar surface area (TPSA) is 33.3 Å². The zero-order valence-corrected chi connectivity index (χ0v) is 20.7. The van der Waals surface area contributed by atoms with Crippen molar-refractivity contribution in [1.82, 2.24) is 10.6 Å². The Bertz CT molecular complexity index is 1350. The van der Waals surface area contributed by atoms with E-state index in [0.29, 0.717) is 0 Å². The van der Waals surface area contributed by atoms with Crippen molar-refractivity contribution in [3.05, 3.63) is 84.4 Å². The van der Waals surface area contributed by atoms with Gasteiger partial charge in [0.2, 0.25) is 0 Å². The Morgan fingerprint density at radius 2 is 1.56 bits per heavy atom. The molecule has 3 nitrogen and oxygen atoms in total. The predicted octanol–water partition coefficient (Wildman–Crippen LogP) is 7.66. The van der Waals surface area contributed by atoms with E-state index < -0.39 is 0 Å². The molecule has 34 heavy (non-hydrogen) atoms. The standard InChI is InChI=1S/C29H28N2OS2/c1-3-7-26-21(5-1)16-28(33-26)23-9-10-25(32-29-17-22-6-2-4-8-27(22)34-29)24(15-23)19-31-18-20-11-13-30-14-12-20/h1-10,15-17,20,30-31H,11-14,18-19H2. The van der Waals surface area contributed by atoms with E-state index in [1.54, 1.807) is 11.3 Å². The van der Waals surface area contributed by atoms with Crippen LogP contribution in [-0.4, -0.2) is 19.6 Å². The Balaban J connectivity index is 1.28. The molecule has 1 aliphatic heterocycles. The largest absolute Gasteiger partial charge is 0.446 e. The van der Waals surface area contributed by atoms with E-state index in [1.807, 2.05) is 11.3 Å². The van der Waals surface area contributed by atoms with E-state index in [9.17, 15) is 0 Å². The van der Waals surface area contributed by atoms with Gasteiger partial charge in [-0.05, 0) is 91.1 Å². The maximum absolute atomic E-state index is 6.46. The number of nitrogens with one attached hydrogen (secondary N) is 2. The summed E-state index contributed by atoms with van der Waals surface area (Å²) in [5.41, 5.74) is 2.46. The minimum atomic E-state index is 0.749. The van der Waals surface area contributed by atoms with Crippen molar-refractivity contribution in [3.63, 3.8) is 0 Å². The van der Waals surface area contributed by atoms with Gasteiger partial charge in [-0.15, -0.1) is 11.3 Å². The molecule has 1 aliphatic rings. The van der Waals surface area contributed by atoms with Crippen LogP contribution in [0.15, 0.2) is 78.9 Å². The van der Waals surface area contributed by atoms with Crippen molar-refractivity contribution in [1.29, 1.82) is 0 Å². The molecule has 1 fully saturated rings. The van der Waals surface area contributed by atoms with Crippen LogP contribution in [0.4, 0.5) is 0 Å². The first-order valence-corrected chi connectivity index (χ1v) is 13.6. The van der Waals surface area contributed by atoms with Gasteiger partial charge in [-0.1, -0.05) is 47.7 Å². The molecule has 0 spiro atoms. The first-order chi connectivity index (χ1) is 16.8. The number of piperidine rings is 1. The van der Waals surface area contributed by atoms with E-state index in [4.69, 9.17) is 4.74 Å². The van der Waals surface area contributed by atoms with Crippen LogP contribution in [0.1, 0.15) is 18.4 Å². The summed E-state index contributed by atoms with van der Waals surface area (Å²) in [5.74, 6) is 1.69. The van der Waals surface area contributed by atoms with Gasteiger partial charge >= 0.3 is 0 Å². The van der Waals surface area contributed by atoms with Gasteiger partial charge < -0.3 is 15.4 Å². The molecule has 2 aromatic heterocycles. The summed E-state index contributed by atoms with van der Waals surface area (Å²) in [6.45, 7) is 4.13. The highest BCUT2D eigenvalue weighted by molar-refractivity contribution is 7.22. The molecule has 5 aromatic rings. The summed E-state index contributed by atoms with van der Waals surface area (Å²) >= 11 is 3.56. The fourth-order valence-electron chi connectivity index (χ4n) is 4.71. The average Bonchev–Trinajstić information content (AvgIpc) is 3.49. The molecule has 6 rings (SSSR count). The lowest BCUT2D eigenvalue weighted by atomic mass is 9.98. The quantitative estimate of drug-likeness (QED) is 0.249. The average molecular weight is 485 g/mol. The van der Waals surface area contributed by atoms with Crippen LogP contribution in [0, 0.1) is 5.92 Å². The number of fused-ring (bicyclic) bond motifs is 2. The van der Waals surface area contributed by atoms with Crippen LogP contribution >= 0.6 is 22.7 Å². The second kappa shape index (κ2) is 9.88.